The van der Waals surface area contributed by atoms with E-state index < -0.39 is 0 Å². The molecular formula is C13H16N2O3. The first-order valence-electron chi connectivity index (χ1n) is 6.23. The summed E-state index contributed by atoms with van der Waals surface area (Å²) in [6, 6.07) is 7.40. The fourth-order valence-electron chi connectivity index (χ4n) is 2.51. The van der Waals surface area contributed by atoms with Crippen LogP contribution in [0.15, 0.2) is 33.5 Å². The molecule has 1 aromatic carbocycles. The van der Waals surface area contributed by atoms with Gasteiger partial charge in [-0.25, -0.2) is 4.79 Å². The fourth-order valence-corrected chi connectivity index (χ4v) is 2.51. The van der Waals surface area contributed by atoms with Crippen molar-refractivity contribution in [2.24, 2.45) is 0 Å². The highest BCUT2D eigenvalue weighted by atomic mass is 16.4. The molecule has 1 fully saturated rings. The second kappa shape index (κ2) is 4.59. The molecule has 2 aromatic rings. The topological polar surface area (TPSA) is 58.6 Å². The van der Waals surface area contributed by atoms with Crippen LogP contribution < -0.4 is 5.76 Å². The maximum Gasteiger partial charge on any atom is 0.421 e. The van der Waals surface area contributed by atoms with Crippen LogP contribution in [-0.2, 0) is 6.67 Å². The molecule has 1 aliphatic heterocycles. The normalized spacial score (nSPS) is 21.5. The van der Waals surface area contributed by atoms with Crippen LogP contribution >= 0.6 is 0 Å². The zero-order chi connectivity index (χ0) is 12.5. The number of benzene rings is 1. The Hall–Kier alpha value is -1.59. The van der Waals surface area contributed by atoms with Gasteiger partial charge in [0.1, 0.15) is 0 Å². The summed E-state index contributed by atoms with van der Waals surface area (Å²) in [6.45, 7) is 2.00. The van der Waals surface area contributed by atoms with Gasteiger partial charge in [-0.05, 0) is 25.0 Å². The Labute approximate surface area is 104 Å². The average molecular weight is 248 g/mol. The summed E-state index contributed by atoms with van der Waals surface area (Å²) in [7, 11) is 0. The number of β-amino-alcohol motifs (C(OH)–C–C–N with tert-alkyl or cyclic N) is 1. The molecule has 0 radical (unpaired) electrons. The monoisotopic (exact) mass is 248 g/mol. The van der Waals surface area contributed by atoms with Crippen molar-refractivity contribution in [3.8, 4) is 0 Å². The van der Waals surface area contributed by atoms with Crippen LogP contribution in [0.5, 0.6) is 0 Å². The lowest BCUT2D eigenvalue weighted by Gasteiger charge is -2.29. The van der Waals surface area contributed by atoms with Crippen LogP contribution in [0, 0.1) is 0 Å². The molecule has 1 aromatic heterocycles. The Morgan fingerprint density at radius 2 is 2.22 bits per heavy atom. The van der Waals surface area contributed by atoms with E-state index in [0.717, 1.165) is 24.9 Å². The number of hydrogen-bond donors (Lipinski definition) is 1. The average Bonchev–Trinajstić information content (AvgIpc) is 2.66. The predicted octanol–water partition coefficient (Wildman–Crippen LogP) is 1.01. The summed E-state index contributed by atoms with van der Waals surface area (Å²) in [5, 5.41) is 9.64. The number of hydrogen-bond acceptors (Lipinski definition) is 4. The summed E-state index contributed by atoms with van der Waals surface area (Å²) < 4.78 is 6.80. The van der Waals surface area contributed by atoms with Crippen LogP contribution in [0.2, 0.25) is 0 Å². The van der Waals surface area contributed by atoms with E-state index in [1.165, 1.54) is 0 Å². The molecule has 1 atom stereocenters. The summed E-state index contributed by atoms with van der Waals surface area (Å²) in [6.07, 6.45) is 1.52. The fraction of sp³-hybridized carbons (Fsp3) is 0.462. The molecule has 1 aliphatic rings. The number of para-hydroxylation sites is 2. The van der Waals surface area contributed by atoms with Gasteiger partial charge in [0.15, 0.2) is 5.58 Å². The Morgan fingerprint density at radius 1 is 1.39 bits per heavy atom. The quantitative estimate of drug-likeness (QED) is 0.861. The van der Waals surface area contributed by atoms with Crippen molar-refractivity contribution < 1.29 is 9.52 Å². The Kier molecular flexibility index (Phi) is 2.93. The Balaban J connectivity index is 1.90. The molecule has 96 valence electrons. The summed E-state index contributed by atoms with van der Waals surface area (Å²) in [5.74, 6) is -0.337. The van der Waals surface area contributed by atoms with Crippen LogP contribution in [-0.4, -0.2) is 33.8 Å². The molecule has 0 spiro atoms. The molecule has 1 N–H and O–H groups in total. The standard InChI is InChI=1S/C13H16N2O3/c16-10-4-3-7-14(8-10)9-15-11-5-1-2-6-12(11)18-13(15)17/h1-2,5-6,10,16H,3-4,7-9H2/t10-/m0/s1. The lowest BCUT2D eigenvalue weighted by atomic mass is 10.1. The first-order chi connectivity index (χ1) is 8.74. The smallest absolute Gasteiger partial charge is 0.408 e. The van der Waals surface area contributed by atoms with E-state index in [9.17, 15) is 9.90 Å². The third-order valence-electron chi connectivity index (χ3n) is 3.40. The van der Waals surface area contributed by atoms with Gasteiger partial charge in [-0.3, -0.25) is 9.47 Å². The van der Waals surface area contributed by atoms with Gasteiger partial charge >= 0.3 is 5.76 Å². The van der Waals surface area contributed by atoms with Crippen molar-refractivity contribution >= 4 is 11.1 Å². The molecule has 1 saturated heterocycles. The molecule has 0 unspecified atom stereocenters. The second-order valence-electron chi connectivity index (χ2n) is 4.78. The predicted molar refractivity (Wildman–Crippen MR) is 67.3 cm³/mol. The minimum Gasteiger partial charge on any atom is -0.408 e. The largest absolute Gasteiger partial charge is 0.421 e. The second-order valence-corrected chi connectivity index (χ2v) is 4.78. The van der Waals surface area contributed by atoms with Crippen molar-refractivity contribution in [1.82, 2.24) is 9.47 Å². The number of rotatable bonds is 2. The third kappa shape index (κ3) is 2.07. The third-order valence-corrected chi connectivity index (χ3v) is 3.40. The van der Waals surface area contributed by atoms with E-state index in [1.807, 2.05) is 18.2 Å². The van der Waals surface area contributed by atoms with Gasteiger partial charge in [-0.2, -0.15) is 0 Å². The molecule has 0 aliphatic carbocycles. The van der Waals surface area contributed by atoms with Crippen LogP contribution in [0.3, 0.4) is 0 Å². The van der Waals surface area contributed by atoms with Crippen molar-refractivity contribution in [1.29, 1.82) is 0 Å². The maximum absolute atomic E-state index is 11.8. The molecule has 3 rings (SSSR count). The molecule has 18 heavy (non-hydrogen) atoms. The van der Waals surface area contributed by atoms with Crippen molar-refractivity contribution in [2.75, 3.05) is 13.1 Å². The van der Waals surface area contributed by atoms with Crippen LogP contribution in [0.4, 0.5) is 0 Å². The summed E-state index contributed by atoms with van der Waals surface area (Å²) in [5.41, 5.74) is 1.42. The van der Waals surface area contributed by atoms with Gasteiger partial charge in [-0.1, -0.05) is 12.1 Å². The number of piperidine rings is 1. The molecule has 0 amide bonds. The molecule has 5 nitrogen and oxygen atoms in total. The van der Waals surface area contributed by atoms with E-state index in [2.05, 4.69) is 4.90 Å². The van der Waals surface area contributed by atoms with Gasteiger partial charge < -0.3 is 9.52 Å². The Morgan fingerprint density at radius 3 is 3.06 bits per heavy atom. The van der Waals surface area contributed by atoms with Gasteiger partial charge in [0.25, 0.3) is 0 Å². The number of aliphatic hydroxyl groups is 1. The molecule has 0 bridgehead atoms. The lowest BCUT2D eigenvalue weighted by Crippen LogP contribution is -2.40. The first kappa shape index (κ1) is 11.5. The first-order valence-corrected chi connectivity index (χ1v) is 6.23. The number of likely N-dealkylation sites (tertiary alicyclic amines) is 1. The minimum absolute atomic E-state index is 0.285. The lowest BCUT2D eigenvalue weighted by molar-refractivity contribution is 0.0537. The van der Waals surface area contributed by atoms with E-state index in [0.29, 0.717) is 18.8 Å². The van der Waals surface area contributed by atoms with Gasteiger partial charge in [0.05, 0.1) is 18.3 Å². The maximum atomic E-state index is 11.8. The summed E-state index contributed by atoms with van der Waals surface area (Å²) in [4.78, 5) is 13.9. The summed E-state index contributed by atoms with van der Waals surface area (Å²) >= 11 is 0. The number of oxazole rings is 1. The number of aliphatic hydroxyl groups excluding tert-OH is 1. The zero-order valence-electron chi connectivity index (χ0n) is 10.1. The van der Waals surface area contributed by atoms with Crippen LogP contribution in [0.1, 0.15) is 12.8 Å². The molecule has 2 heterocycles. The molecular weight excluding hydrogens is 232 g/mol. The van der Waals surface area contributed by atoms with Crippen molar-refractivity contribution in [2.45, 2.75) is 25.6 Å². The van der Waals surface area contributed by atoms with E-state index in [4.69, 9.17) is 4.42 Å². The molecule has 0 saturated carbocycles. The SMILES string of the molecule is O=c1oc2ccccc2n1CN1CCC[C@H](O)C1. The van der Waals surface area contributed by atoms with Crippen molar-refractivity contribution in [3.05, 3.63) is 34.8 Å². The van der Waals surface area contributed by atoms with E-state index in [1.54, 1.807) is 10.6 Å². The Bertz CT molecular complexity index is 602. The van der Waals surface area contributed by atoms with Gasteiger partial charge in [0, 0.05) is 13.1 Å². The highest BCUT2D eigenvalue weighted by Crippen LogP contribution is 2.15. The van der Waals surface area contributed by atoms with Crippen molar-refractivity contribution in [3.63, 3.8) is 0 Å². The minimum atomic E-state index is -0.337. The van der Waals surface area contributed by atoms with Gasteiger partial charge in [0.2, 0.25) is 0 Å². The number of aromatic nitrogens is 1. The highest BCUT2D eigenvalue weighted by molar-refractivity contribution is 5.72. The number of fused-ring (bicyclic) bond motifs is 1. The number of nitrogens with zero attached hydrogens (tertiary/aromatic N) is 2. The van der Waals surface area contributed by atoms with Crippen LogP contribution in [0.25, 0.3) is 11.1 Å². The van der Waals surface area contributed by atoms with E-state index >= 15 is 0 Å². The molecule has 5 heteroatoms. The zero-order valence-corrected chi connectivity index (χ0v) is 10.1. The van der Waals surface area contributed by atoms with Gasteiger partial charge in [-0.15, -0.1) is 0 Å². The van der Waals surface area contributed by atoms with E-state index in [-0.39, 0.29) is 11.9 Å². The highest BCUT2D eigenvalue weighted by Gasteiger charge is 2.19.